The maximum atomic E-state index is 14.9. The van der Waals surface area contributed by atoms with Gasteiger partial charge in [0.15, 0.2) is 22.8 Å². The molecule has 2 aliphatic rings. The number of amides is 1. The van der Waals surface area contributed by atoms with Crippen molar-refractivity contribution in [3.8, 4) is 11.5 Å². The first kappa shape index (κ1) is 25.4. The van der Waals surface area contributed by atoms with E-state index in [9.17, 15) is 27.6 Å². The number of hydrogen-bond acceptors (Lipinski definition) is 8. The van der Waals surface area contributed by atoms with Crippen LogP contribution in [0.4, 0.5) is 22.7 Å². The fourth-order valence-electron chi connectivity index (χ4n) is 4.51. The van der Waals surface area contributed by atoms with Crippen molar-refractivity contribution in [1.82, 2.24) is 15.2 Å². The SMILES string of the molecule is CNCc1cc([C@H]2CN([C@@H](C)C(=O)Nc3nc4cc5c(cc4s3)OC(F)(F)O5)CCC2(F)F)cc[n+]1[O-]. The van der Waals surface area contributed by atoms with Crippen molar-refractivity contribution < 1.29 is 36.6 Å². The molecule has 1 aromatic carbocycles. The summed E-state index contributed by atoms with van der Waals surface area (Å²) in [6.07, 6.45) is -2.97. The first-order valence-corrected chi connectivity index (χ1v) is 12.3. The summed E-state index contributed by atoms with van der Waals surface area (Å²) in [6.45, 7) is 1.76. The predicted molar refractivity (Wildman–Crippen MR) is 126 cm³/mol. The van der Waals surface area contributed by atoms with Crippen LogP contribution in [0.3, 0.4) is 0 Å². The number of carbonyl (C=O) groups is 1. The van der Waals surface area contributed by atoms with E-state index in [0.717, 1.165) is 11.3 Å². The highest BCUT2D eigenvalue weighted by Crippen LogP contribution is 2.45. The molecule has 14 heteroatoms. The quantitative estimate of drug-likeness (QED) is 0.280. The van der Waals surface area contributed by atoms with Crippen molar-refractivity contribution in [3.63, 3.8) is 0 Å². The van der Waals surface area contributed by atoms with E-state index in [0.29, 0.717) is 26.2 Å². The normalized spacial score (nSPS) is 21.2. The summed E-state index contributed by atoms with van der Waals surface area (Å²) in [4.78, 5) is 18.9. The summed E-state index contributed by atoms with van der Waals surface area (Å²) >= 11 is 1.06. The number of piperidine rings is 1. The van der Waals surface area contributed by atoms with E-state index >= 15 is 0 Å². The molecular formula is C23H23F4N5O4S. The zero-order chi connectivity index (χ0) is 26.5. The van der Waals surface area contributed by atoms with Crippen LogP contribution < -0.4 is 24.8 Å². The van der Waals surface area contributed by atoms with Crippen LogP contribution in [0.2, 0.25) is 0 Å². The lowest BCUT2D eigenvalue weighted by Gasteiger charge is -2.40. The van der Waals surface area contributed by atoms with Crippen molar-refractivity contribution >= 4 is 32.6 Å². The predicted octanol–water partition coefficient (Wildman–Crippen LogP) is 3.42. The van der Waals surface area contributed by atoms with Gasteiger partial charge in [0.05, 0.1) is 28.7 Å². The summed E-state index contributed by atoms with van der Waals surface area (Å²) in [6, 6.07) is 4.75. The van der Waals surface area contributed by atoms with E-state index in [1.165, 1.54) is 30.5 Å². The molecule has 1 amide bonds. The summed E-state index contributed by atoms with van der Waals surface area (Å²) in [5.74, 6) is -4.94. The standard InChI is InChI=1S/C23H23F4N5O4S/c1-12(20(33)30-21-29-16-8-17-18(9-19(16)37-21)36-23(26,27)35-17)31-6-4-22(24,25)15(11-31)13-3-5-32(34)14(7-13)10-28-2/h3,5,7-9,12,15,28H,4,6,10-11H2,1-2H3,(H,29,30,33)/t12-,15+/m0/s1. The minimum Gasteiger partial charge on any atom is -0.618 e. The second-order valence-electron chi connectivity index (χ2n) is 8.98. The highest BCUT2D eigenvalue weighted by Gasteiger charge is 2.47. The molecule has 4 heterocycles. The van der Waals surface area contributed by atoms with Gasteiger partial charge in [0.2, 0.25) is 11.6 Å². The van der Waals surface area contributed by atoms with E-state index in [-0.39, 0.29) is 36.3 Å². The van der Waals surface area contributed by atoms with E-state index in [4.69, 9.17) is 0 Å². The Kier molecular flexibility index (Phi) is 6.36. The molecule has 9 nitrogen and oxygen atoms in total. The van der Waals surface area contributed by atoms with Crippen LogP contribution in [0, 0.1) is 5.21 Å². The van der Waals surface area contributed by atoms with Gasteiger partial charge in [-0.1, -0.05) is 11.3 Å². The Morgan fingerprint density at radius 2 is 2.03 bits per heavy atom. The first-order chi connectivity index (χ1) is 17.5. The molecule has 0 aliphatic carbocycles. The van der Waals surface area contributed by atoms with Gasteiger partial charge in [0.25, 0.3) is 5.92 Å². The molecule has 2 N–H and O–H groups in total. The van der Waals surface area contributed by atoms with Crippen molar-refractivity contribution in [3.05, 3.63) is 46.9 Å². The monoisotopic (exact) mass is 541 g/mol. The van der Waals surface area contributed by atoms with Gasteiger partial charge in [-0.25, -0.2) is 13.8 Å². The molecule has 2 aromatic heterocycles. The minimum absolute atomic E-state index is 0.00526. The van der Waals surface area contributed by atoms with E-state index in [1.807, 2.05) is 0 Å². The number of nitrogens with zero attached hydrogens (tertiary/aromatic N) is 3. The Hall–Kier alpha value is -3.23. The van der Waals surface area contributed by atoms with Crippen molar-refractivity contribution in [2.45, 2.75) is 44.1 Å². The summed E-state index contributed by atoms with van der Waals surface area (Å²) in [7, 11) is 1.65. The molecule has 0 spiro atoms. The molecule has 0 unspecified atom stereocenters. The van der Waals surface area contributed by atoms with Gasteiger partial charge in [-0.3, -0.25) is 9.69 Å². The number of benzene rings is 1. The van der Waals surface area contributed by atoms with Gasteiger partial charge in [-0.2, -0.15) is 4.73 Å². The third kappa shape index (κ3) is 5.00. The number of nitrogens with one attached hydrogen (secondary N) is 2. The largest absolute Gasteiger partial charge is 0.618 e. The average Bonchev–Trinajstić information content (AvgIpc) is 3.34. The molecule has 198 valence electrons. The number of anilines is 1. The van der Waals surface area contributed by atoms with Crippen molar-refractivity contribution in [2.24, 2.45) is 0 Å². The third-order valence-electron chi connectivity index (χ3n) is 6.51. The maximum Gasteiger partial charge on any atom is 0.586 e. The molecule has 2 aliphatic heterocycles. The average molecular weight is 542 g/mol. The molecule has 0 radical (unpaired) electrons. The highest BCUT2D eigenvalue weighted by molar-refractivity contribution is 7.22. The number of likely N-dealkylation sites (tertiary alicyclic amines) is 1. The molecule has 5 rings (SSSR count). The van der Waals surface area contributed by atoms with Gasteiger partial charge < -0.3 is 25.3 Å². The lowest BCUT2D eigenvalue weighted by atomic mass is 9.86. The number of alkyl halides is 4. The maximum absolute atomic E-state index is 14.9. The minimum atomic E-state index is -3.74. The molecule has 0 bridgehead atoms. The van der Waals surface area contributed by atoms with Gasteiger partial charge in [-0.15, -0.1) is 8.78 Å². The summed E-state index contributed by atoms with van der Waals surface area (Å²) in [5.41, 5.74) is 0.983. The number of fused-ring (bicyclic) bond motifs is 2. The Bertz CT molecular complexity index is 1310. The fraction of sp³-hybridized carbons (Fsp3) is 0.435. The van der Waals surface area contributed by atoms with Crippen LogP contribution in [0.5, 0.6) is 11.5 Å². The molecule has 2 atom stereocenters. The van der Waals surface area contributed by atoms with Crippen molar-refractivity contribution in [2.75, 3.05) is 25.5 Å². The topological polar surface area (TPSA) is 103 Å². The Morgan fingerprint density at radius 1 is 1.30 bits per heavy atom. The Labute approximate surface area is 212 Å². The number of thiazole rings is 1. The van der Waals surface area contributed by atoms with Crippen LogP contribution in [0.25, 0.3) is 10.2 Å². The number of pyridine rings is 1. The number of aromatic nitrogens is 2. The van der Waals surface area contributed by atoms with Gasteiger partial charge in [0, 0.05) is 43.8 Å². The lowest BCUT2D eigenvalue weighted by molar-refractivity contribution is -0.614. The van der Waals surface area contributed by atoms with Crippen LogP contribution >= 0.6 is 11.3 Å². The van der Waals surface area contributed by atoms with E-state index in [2.05, 4.69) is 25.1 Å². The Balaban J connectivity index is 1.30. The van der Waals surface area contributed by atoms with Gasteiger partial charge >= 0.3 is 6.29 Å². The molecule has 0 saturated carbocycles. The number of carbonyl (C=O) groups excluding carboxylic acids is 1. The molecule has 1 fully saturated rings. The number of halogens is 4. The molecule has 37 heavy (non-hydrogen) atoms. The number of ether oxygens (including phenoxy) is 2. The van der Waals surface area contributed by atoms with E-state index in [1.54, 1.807) is 18.9 Å². The van der Waals surface area contributed by atoms with Crippen LogP contribution in [-0.2, 0) is 11.3 Å². The summed E-state index contributed by atoms with van der Waals surface area (Å²) < 4.78 is 66.4. The first-order valence-electron chi connectivity index (χ1n) is 11.5. The highest BCUT2D eigenvalue weighted by atomic mass is 32.1. The molecule has 1 saturated heterocycles. The lowest BCUT2D eigenvalue weighted by Crippen LogP contribution is -2.52. The van der Waals surface area contributed by atoms with Gasteiger partial charge in [-0.05, 0) is 19.5 Å². The number of hydrogen-bond donors (Lipinski definition) is 2. The van der Waals surface area contributed by atoms with Crippen LogP contribution in [0.15, 0.2) is 30.5 Å². The second kappa shape index (κ2) is 9.26. The van der Waals surface area contributed by atoms with E-state index < -0.39 is 36.5 Å². The Morgan fingerprint density at radius 3 is 2.76 bits per heavy atom. The molecular weight excluding hydrogens is 518 g/mol. The third-order valence-corrected chi connectivity index (χ3v) is 7.44. The zero-order valence-electron chi connectivity index (χ0n) is 19.8. The fourth-order valence-corrected chi connectivity index (χ4v) is 5.39. The summed E-state index contributed by atoms with van der Waals surface area (Å²) in [5, 5.41) is 17.7. The second-order valence-corrected chi connectivity index (χ2v) is 10.0. The number of rotatable bonds is 6. The van der Waals surface area contributed by atoms with Crippen molar-refractivity contribution in [1.29, 1.82) is 0 Å². The zero-order valence-corrected chi connectivity index (χ0v) is 20.6. The van der Waals surface area contributed by atoms with Crippen LogP contribution in [0.1, 0.15) is 30.5 Å². The smallest absolute Gasteiger partial charge is 0.586 e. The molecule has 3 aromatic rings. The van der Waals surface area contributed by atoms with Crippen LogP contribution in [-0.4, -0.2) is 54.2 Å². The van der Waals surface area contributed by atoms with Gasteiger partial charge in [0.1, 0.15) is 0 Å².